The third-order valence-electron chi connectivity index (χ3n) is 4.54. The first-order valence-electron chi connectivity index (χ1n) is 8.71. The summed E-state index contributed by atoms with van der Waals surface area (Å²) in [7, 11) is 0. The normalized spacial score (nSPS) is 15.8. The fraction of sp³-hybridized carbons (Fsp3) is 0.300. The Morgan fingerprint density at radius 2 is 1.92 bits per heavy atom. The molecule has 1 heterocycles. The summed E-state index contributed by atoms with van der Waals surface area (Å²) in [6.45, 7) is 3.97. The Labute approximate surface area is 161 Å². The van der Waals surface area contributed by atoms with Crippen molar-refractivity contribution in [2.75, 3.05) is 16.8 Å². The van der Waals surface area contributed by atoms with Crippen LogP contribution in [0.25, 0.3) is 0 Å². The second kappa shape index (κ2) is 8.01. The van der Waals surface area contributed by atoms with Crippen LogP contribution in [0.1, 0.15) is 31.9 Å². The minimum Gasteiger partial charge on any atom is -0.323 e. The van der Waals surface area contributed by atoms with Crippen molar-refractivity contribution in [3.8, 4) is 0 Å². The van der Waals surface area contributed by atoms with Gasteiger partial charge < -0.3 is 5.32 Å². The molecule has 0 saturated carbocycles. The van der Waals surface area contributed by atoms with E-state index in [4.69, 9.17) is 0 Å². The Bertz CT molecular complexity index is 807. The summed E-state index contributed by atoms with van der Waals surface area (Å²) in [5.41, 5.74) is 2.54. The molecule has 2 aromatic rings. The third kappa shape index (κ3) is 3.97. The van der Waals surface area contributed by atoms with Gasteiger partial charge in [0.15, 0.2) is 0 Å². The van der Waals surface area contributed by atoms with Gasteiger partial charge in [0, 0.05) is 10.5 Å². The van der Waals surface area contributed by atoms with E-state index < -0.39 is 6.04 Å². The van der Waals surface area contributed by atoms with Crippen molar-refractivity contribution in [1.82, 2.24) is 5.32 Å². The Morgan fingerprint density at radius 3 is 2.62 bits per heavy atom. The molecule has 5 nitrogen and oxygen atoms in total. The third-order valence-corrected chi connectivity index (χ3v) is 5.07. The van der Waals surface area contributed by atoms with E-state index in [1.54, 1.807) is 11.0 Å². The monoisotopic (exact) mass is 415 g/mol. The van der Waals surface area contributed by atoms with Gasteiger partial charge in [0.2, 0.25) is 11.8 Å². The number of benzene rings is 2. The molecule has 0 unspecified atom stereocenters. The first kappa shape index (κ1) is 18.6. The first-order valence-corrected chi connectivity index (χ1v) is 9.50. The van der Waals surface area contributed by atoms with Crippen LogP contribution in [-0.2, 0) is 9.59 Å². The minimum atomic E-state index is -0.414. The topological polar surface area (TPSA) is 61.4 Å². The van der Waals surface area contributed by atoms with E-state index in [9.17, 15) is 9.59 Å². The molecule has 0 aliphatic carbocycles. The van der Waals surface area contributed by atoms with Gasteiger partial charge in [-0.05, 0) is 43.2 Å². The van der Waals surface area contributed by atoms with Crippen molar-refractivity contribution in [3.63, 3.8) is 0 Å². The summed E-state index contributed by atoms with van der Waals surface area (Å²) in [5.74, 6) is -0.285. The molecule has 2 N–H and O–H groups in total. The van der Waals surface area contributed by atoms with Gasteiger partial charge in [0.05, 0.1) is 17.4 Å². The van der Waals surface area contributed by atoms with Gasteiger partial charge in [0.1, 0.15) is 6.54 Å². The van der Waals surface area contributed by atoms with Gasteiger partial charge in [-0.1, -0.05) is 47.1 Å². The lowest BCUT2D eigenvalue weighted by Gasteiger charge is -2.32. The number of hydrogen-bond acceptors (Lipinski definition) is 3. The highest BCUT2D eigenvalue weighted by molar-refractivity contribution is 9.10. The second-order valence-corrected chi connectivity index (χ2v) is 7.31. The highest BCUT2D eigenvalue weighted by Gasteiger charge is 2.30. The largest absolute Gasteiger partial charge is 0.323 e. The number of fused-ring (bicyclic) bond motifs is 1. The van der Waals surface area contributed by atoms with Crippen molar-refractivity contribution in [1.29, 1.82) is 0 Å². The van der Waals surface area contributed by atoms with Crippen molar-refractivity contribution < 1.29 is 9.59 Å². The molecule has 3 rings (SSSR count). The molecule has 0 aromatic heterocycles. The van der Waals surface area contributed by atoms with Crippen molar-refractivity contribution in [2.24, 2.45) is 0 Å². The highest BCUT2D eigenvalue weighted by atomic mass is 79.9. The van der Waals surface area contributed by atoms with Crippen LogP contribution >= 0.6 is 15.9 Å². The number of rotatable bonds is 5. The molecule has 0 radical (unpaired) electrons. The molecule has 0 saturated heterocycles. The summed E-state index contributed by atoms with van der Waals surface area (Å²) < 4.78 is 1.02. The zero-order valence-corrected chi connectivity index (χ0v) is 16.4. The van der Waals surface area contributed by atoms with Crippen molar-refractivity contribution in [3.05, 3.63) is 58.6 Å². The van der Waals surface area contributed by atoms with E-state index in [1.807, 2.05) is 49.4 Å². The number of carbonyl (C=O) groups excluding carboxylic acids is 2. The van der Waals surface area contributed by atoms with Crippen molar-refractivity contribution >= 4 is 39.1 Å². The number of para-hydroxylation sites is 2. The molecule has 2 amide bonds. The van der Waals surface area contributed by atoms with E-state index in [2.05, 4.69) is 33.5 Å². The lowest BCUT2D eigenvalue weighted by molar-refractivity contribution is -0.123. The maximum Gasteiger partial charge on any atom is 0.244 e. The van der Waals surface area contributed by atoms with E-state index in [1.165, 1.54) is 0 Å². The van der Waals surface area contributed by atoms with Crippen LogP contribution in [0.3, 0.4) is 0 Å². The number of hydrogen-bond donors (Lipinski definition) is 2. The van der Waals surface area contributed by atoms with Crippen LogP contribution in [-0.4, -0.2) is 24.4 Å². The Balaban J connectivity index is 1.77. The molecule has 0 bridgehead atoms. The summed E-state index contributed by atoms with van der Waals surface area (Å²) in [6, 6.07) is 15.1. The lowest BCUT2D eigenvalue weighted by atomic mass is 10.0. The summed E-state index contributed by atoms with van der Waals surface area (Å²) in [5, 5.41) is 6.22. The first-order chi connectivity index (χ1) is 12.5. The zero-order chi connectivity index (χ0) is 18.7. The SMILES string of the molecule is CC[C@H](N[C@H](C)C(=O)N1CC(=O)Nc2ccccc21)c1ccc(Br)cc1. The molecule has 6 heteroatoms. The molecular formula is C20H22BrN3O2. The average molecular weight is 416 g/mol. The van der Waals surface area contributed by atoms with Gasteiger partial charge in [-0.15, -0.1) is 0 Å². The zero-order valence-electron chi connectivity index (χ0n) is 14.8. The van der Waals surface area contributed by atoms with Gasteiger partial charge in [-0.25, -0.2) is 0 Å². The Kier molecular flexibility index (Phi) is 5.74. The smallest absolute Gasteiger partial charge is 0.244 e. The second-order valence-electron chi connectivity index (χ2n) is 6.39. The number of carbonyl (C=O) groups is 2. The molecule has 0 spiro atoms. The van der Waals surface area contributed by atoms with Gasteiger partial charge >= 0.3 is 0 Å². The van der Waals surface area contributed by atoms with Gasteiger partial charge in [0.25, 0.3) is 0 Å². The summed E-state index contributed by atoms with van der Waals surface area (Å²) in [6.07, 6.45) is 0.857. The molecule has 2 atom stereocenters. The maximum atomic E-state index is 13.0. The van der Waals surface area contributed by atoms with Crippen LogP contribution < -0.4 is 15.5 Å². The standard InChI is InChI=1S/C20H22BrN3O2/c1-3-16(14-8-10-15(21)11-9-14)22-13(2)20(26)24-12-19(25)23-17-6-4-5-7-18(17)24/h4-11,13,16,22H,3,12H2,1-2H3,(H,23,25)/t13-,16+/m1/s1. The predicted molar refractivity (Wildman–Crippen MR) is 107 cm³/mol. The van der Waals surface area contributed by atoms with Gasteiger partial charge in [-0.3, -0.25) is 19.8 Å². The highest BCUT2D eigenvalue weighted by Crippen LogP contribution is 2.29. The van der Waals surface area contributed by atoms with E-state index in [0.717, 1.165) is 22.1 Å². The van der Waals surface area contributed by atoms with Crippen LogP contribution in [0.4, 0.5) is 11.4 Å². The van der Waals surface area contributed by atoms with Crippen molar-refractivity contribution in [2.45, 2.75) is 32.4 Å². The molecule has 26 heavy (non-hydrogen) atoms. The summed E-state index contributed by atoms with van der Waals surface area (Å²) in [4.78, 5) is 26.5. The van der Waals surface area contributed by atoms with E-state index in [0.29, 0.717) is 5.69 Å². The number of nitrogens with zero attached hydrogens (tertiary/aromatic N) is 1. The fourth-order valence-corrected chi connectivity index (χ4v) is 3.45. The number of nitrogens with one attached hydrogen (secondary N) is 2. The van der Waals surface area contributed by atoms with E-state index in [-0.39, 0.29) is 24.4 Å². The van der Waals surface area contributed by atoms with E-state index >= 15 is 0 Å². The Hall–Kier alpha value is -2.18. The fourth-order valence-electron chi connectivity index (χ4n) is 3.18. The molecular weight excluding hydrogens is 394 g/mol. The average Bonchev–Trinajstić information content (AvgIpc) is 2.65. The molecule has 0 fully saturated rings. The van der Waals surface area contributed by atoms with Crippen LogP contribution in [0.15, 0.2) is 53.0 Å². The molecule has 136 valence electrons. The number of amides is 2. The number of halogens is 1. The van der Waals surface area contributed by atoms with Crippen LogP contribution in [0.2, 0.25) is 0 Å². The Morgan fingerprint density at radius 1 is 1.23 bits per heavy atom. The molecule has 1 aliphatic heterocycles. The van der Waals surface area contributed by atoms with Crippen LogP contribution in [0.5, 0.6) is 0 Å². The lowest BCUT2D eigenvalue weighted by Crippen LogP contribution is -2.50. The van der Waals surface area contributed by atoms with Crippen LogP contribution in [0, 0.1) is 0 Å². The molecule has 1 aliphatic rings. The quantitative estimate of drug-likeness (QED) is 0.778. The molecule has 2 aromatic carbocycles. The maximum absolute atomic E-state index is 13.0. The minimum absolute atomic E-state index is 0.0386. The predicted octanol–water partition coefficient (Wildman–Crippen LogP) is 3.86. The van der Waals surface area contributed by atoms with Gasteiger partial charge in [-0.2, -0.15) is 0 Å². The summed E-state index contributed by atoms with van der Waals surface area (Å²) >= 11 is 3.44. The number of anilines is 2.